The lowest BCUT2D eigenvalue weighted by Crippen LogP contribution is -2.28. The van der Waals surface area contributed by atoms with Gasteiger partial charge in [-0.1, -0.05) is 12.2 Å². The molecule has 2 aromatic rings. The fourth-order valence-corrected chi connectivity index (χ4v) is 3.51. The Kier molecular flexibility index (Phi) is 4.85. The second-order valence-electron chi connectivity index (χ2n) is 4.43. The van der Waals surface area contributed by atoms with E-state index < -0.39 is 19.9 Å². The van der Waals surface area contributed by atoms with Gasteiger partial charge in [-0.05, 0) is 24.3 Å². The number of nitro groups is 2. The summed E-state index contributed by atoms with van der Waals surface area (Å²) in [7, 11) is -4.10. The van der Waals surface area contributed by atoms with Crippen molar-refractivity contribution in [2.75, 3.05) is 4.31 Å². The molecule has 0 aliphatic rings. The highest BCUT2D eigenvalue weighted by Crippen LogP contribution is 2.25. The number of hydrogen-bond donors (Lipinski definition) is 0. The van der Waals surface area contributed by atoms with Gasteiger partial charge in [0.1, 0.15) is 0 Å². The third-order valence-corrected chi connectivity index (χ3v) is 5.06. The van der Waals surface area contributed by atoms with E-state index in [-0.39, 0.29) is 22.0 Å². The van der Waals surface area contributed by atoms with E-state index >= 15 is 0 Å². The predicted molar refractivity (Wildman–Crippen MR) is 89.5 cm³/mol. The van der Waals surface area contributed by atoms with Gasteiger partial charge in [0.15, 0.2) is 0 Å². The first kappa shape index (κ1) is 17.4. The molecule has 0 amide bonds. The minimum Gasteiger partial charge on any atom is -0.258 e. The van der Waals surface area contributed by atoms with Crippen LogP contribution in [0.3, 0.4) is 0 Å². The molecule has 0 aliphatic carbocycles. The molecule has 24 heavy (non-hydrogen) atoms. The van der Waals surface area contributed by atoms with Crippen molar-refractivity contribution in [3.8, 4) is 0 Å². The van der Waals surface area contributed by atoms with Crippen LogP contribution < -0.4 is 4.31 Å². The molecule has 0 radical (unpaired) electrons. The lowest BCUT2D eigenvalue weighted by molar-refractivity contribution is -0.385. The molecule has 0 unspecified atom stereocenters. The van der Waals surface area contributed by atoms with Gasteiger partial charge < -0.3 is 0 Å². The van der Waals surface area contributed by atoms with Gasteiger partial charge in [-0.15, -0.1) is 0 Å². The molecule has 0 bridgehead atoms. The van der Waals surface area contributed by atoms with Crippen LogP contribution in [0.4, 0.5) is 17.1 Å². The van der Waals surface area contributed by atoms with Crippen molar-refractivity contribution < 1.29 is 18.3 Å². The monoisotopic (exact) mass is 367 g/mol. The normalized spacial score (nSPS) is 10.8. The summed E-state index contributed by atoms with van der Waals surface area (Å²) in [4.78, 5) is 19.8. The molecule has 0 saturated heterocycles. The van der Waals surface area contributed by atoms with Crippen LogP contribution in [0.2, 0.25) is 0 Å². The number of non-ortho nitro benzene ring substituents is 2. The summed E-state index contributed by atoms with van der Waals surface area (Å²) in [6, 6.07) is 9.07. The van der Waals surface area contributed by atoms with Crippen LogP contribution >= 0.6 is 12.2 Å². The van der Waals surface area contributed by atoms with Crippen LogP contribution in [0, 0.1) is 20.2 Å². The third kappa shape index (κ3) is 3.36. The molecule has 2 rings (SSSR count). The summed E-state index contributed by atoms with van der Waals surface area (Å²) in [6.07, 6.45) is 0. The van der Waals surface area contributed by atoms with Crippen LogP contribution in [-0.4, -0.2) is 23.8 Å². The van der Waals surface area contributed by atoms with Gasteiger partial charge in [-0.2, -0.15) is 0 Å². The smallest absolute Gasteiger partial charge is 0.258 e. The van der Waals surface area contributed by atoms with E-state index in [0.717, 1.165) is 46.2 Å². The molecule has 9 nitrogen and oxygen atoms in total. The Balaban J connectivity index is 2.42. The molecule has 0 fully saturated rings. The summed E-state index contributed by atoms with van der Waals surface area (Å²) in [5.41, 5.74) is 0.528. The zero-order valence-electron chi connectivity index (χ0n) is 11.8. The molecular weight excluding hydrogens is 358 g/mol. The Bertz CT molecular complexity index is 894. The van der Waals surface area contributed by atoms with Crippen molar-refractivity contribution in [3.63, 3.8) is 0 Å². The summed E-state index contributed by atoms with van der Waals surface area (Å²) in [6.45, 7) is 0. The number of sulfonamides is 1. The van der Waals surface area contributed by atoms with Crippen LogP contribution in [0.1, 0.15) is 0 Å². The minimum absolute atomic E-state index is 0.106. The summed E-state index contributed by atoms with van der Waals surface area (Å²) < 4.78 is 25.9. The van der Waals surface area contributed by atoms with Crippen molar-refractivity contribution >= 4 is 44.8 Å². The van der Waals surface area contributed by atoms with Crippen molar-refractivity contribution in [1.29, 1.82) is 0 Å². The molecule has 2 aromatic carbocycles. The van der Waals surface area contributed by atoms with E-state index in [1.54, 1.807) is 0 Å². The standard InChI is InChI=1S/C13H9N3O6S2/c17-15(18)11-3-1-10(2-4-11)14(9-23)24(21,22)13-7-5-12(6-8-13)16(19)20/h1-9H. The molecule has 0 heterocycles. The van der Waals surface area contributed by atoms with E-state index in [1.165, 1.54) is 12.1 Å². The van der Waals surface area contributed by atoms with E-state index in [1.807, 2.05) is 0 Å². The highest BCUT2D eigenvalue weighted by molar-refractivity contribution is 7.95. The Morgan fingerprint density at radius 2 is 1.29 bits per heavy atom. The maximum absolute atomic E-state index is 12.6. The molecule has 11 heteroatoms. The Hall–Kier alpha value is -2.92. The molecule has 0 spiro atoms. The SMILES string of the molecule is O=[N+]([O-])c1ccc(N(C=S)S(=O)(=O)c2ccc([N+](=O)[O-])cc2)cc1. The molecular formula is C13H9N3O6S2. The number of hydrogen-bond acceptors (Lipinski definition) is 7. The van der Waals surface area contributed by atoms with Crippen molar-refractivity contribution in [3.05, 3.63) is 68.8 Å². The minimum atomic E-state index is -4.10. The first-order valence-electron chi connectivity index (χ1n) is 6.26. The lowest BCUT2D eigenvalue weighted by atomic mass is 10.3. The number of thiocarbonyl (C=S) groups is 1. The maximum atomic E-state index is 12.6. The second kappa shape index (κ2) is 6.68. The van der Waals surface area contributed by atoms with Crippen molar-refractivity contribution in [2.45, 2.75) is 4.90 Å². The van der Waals surface area contributed by atoms with Crippen LogP contribution in [-0.2, 0) is 10.0 Å². The second-order valence-corrected chi connectivity index (χ2v) is 6.46. The third-order valence-electron chi connectivity index (χ3n) is 3.02. The first-order valence-corrected chi connectivity index (χ1v) is 8.17. The van der Waals surface area contributed by atoms with E-state index in [0.29, 0.717) is 0 Å². The Labute approximate surface area is 141 Å². The van der Waals surface area contributed by atoms with Crippen LogP contribution in [0.15, 0.2) is 53.4 Å². The average molecular weight is 367 g/mol. The number of nitro benzene ring substituents is 2. The predicted octanol–water partition coefficient (Wildman–Crippen LogP) is 2.66. The molecule has 0 aliphatic heterocycles. The largest absolute Gasteiger partial charge is 0.269 e. The van der Waals surface area contributed by atoms with Crippen molar-refractivity contribution in [1.82, 2.24) is 0 Å². The Morgan fingerprint density at radius 1 is 0.875 bits per heavy atom. The molecule has 124 valence electrons. The molecule has 0 saturated carbocycles. The maximum Gasteiger partial charge on any atom is 0.269 e. The summed E-state index contributed by atoms with van der Waals surface area (Å²) in [5, 5.41) is 21.3. The van der Waals surface area contributed by atoms with Gasteiger partial charge in [0.05, 0.1) is 25.9 Å². The highest BCUT2D eigenvalue weighted by Gasteiger charge is 2.24. The zero-order chi connectivity index (χ0) is 17.9. The topological polar surface area (TPSA) is 124 Å². The van der Waals surface area contributed by atoms with Gasteiger partial charge in [0.25, 0.3) is 21.4 Å². The first-order chi connectivity index (χ1) is 11.3. The van der Waals surface area contributed by atoms with Gasteiger partial charge in [0.2, 0.25) is 0 Å². The highest BCUT2D eigenvalue weighted by atomic mass is 32.2. The van der Waals surface area contributed by atoms with Crippen molar-refractivity contribution in [2.24, 2.45) is 0 Å². The number of rotatable bonds is 6. The molecule has 0 N–H and O–H groups in total. The van der Waals surface area contributed by atoms with E-state index in [9.17, 15) is 28.6 Å². The summed E-state index contributed by atoms with van der Waals surface area (Å²) >= 11 is 4.73. The zero-order valence-corrected chi connectivity index (χ0v) is 13.4. The number of anilines is 1. The van der Waals surface area contributed by atoms with Gasteiger partial charge in [-0.25, -0.2) is 12.7 Å². The lowest BCUT2D eigenvalue weighted by Gasteiger charge is -2.19. The average Bonchev–Trinajstić information content (AvgIpc) is 2.55. The van der Waals surface area contributed by atoms with E-state index in [4.69, 9.17) is 12.2 Å². The molecule has 0 atom stereocenters. The summed E-state index contributed by atoms with van der Waals surface area (Å²) in [5.74, 6) is 0. The van der Waals surface area contributed by atoms with Crippen LogP contribution in [0.5, 0.6) is 0 Å². The van der Waals surface area contributed by atoms with Gasteiger partial charge in [-0.3, -0.25) is 20.2 Å². The number of nitrogens with zero attached hydrogens (tertiary/aromatic N) is 3. The van der Waals surface area contributed by atoms with Gasteiger partial charge in [0, 0.05) is 24.3 Å². The quantitative estimate of drug-likeness (QED) is 0.437. The number of benzene rings is 2. The van der Waals surface area contributed by atoms with Gasteiger partial charge >= 0.3 is 0 Å². The fraction of sp³-hybridized carbons (Fsp3) is 0. The van der Waals surface area contributed by atoms with Crippen LogP contribution in [0.25, 0.3) is 0 Å². The fourth-order valence-electron chi connectivity index (χ4n) is 1.83. The Morgan fingerprint density at radius 3 is 1.67 bits per heavy atom. The molecule has 0 aromatic heterocycles. The van der Waals surface area contributed by atoms with E-state index in [2.05, 4.69) is 0 Å².